The van der Waals surface area contributed by atoms with E-state index in [0.717, 1.165) is 24.7 Å². The van der Waals surface area contributed by atoms with Gasteiger partial charge < -0.3 is 0 Å². The highest BCUT2D eigenvalue weighted by Crippen LogP contribution is 2.29. The molecule has 0 aliphatic carbocycles. The lowest BCUT2D eigenvalue weighted by atomic mass is 9.99. The van der Waals surface area contributed by atoms with E-state index in [0.29, 0.717) is 34.6 Å². The molecule has 4 aromatic rings. The van der Waals surface area contributed by atoms with Crippen molar-refractivity contribution in [2.75, 3.05) is 12.8 Å². The molecular formula is C33H29BrNO4S2+. The molecule has 0 bridgehead atoms. The Kier molecular flexibility index (Phi) is 10.7. The van der Waals surface area contributed by atoms with Gasteiger partial charge in [0.25, 0.3) is 11.5 Å². The first kappa shape index (κ1) is 30.5. The third kappa shape index (κ3) is 8.52. The Bertz CT molecular complexity index is 1580. The summed E-state index contributed by atoms with van der Waals surface area (Å²) in [4.78, 5) is 46.2. The van der Waals surface area contributed by atoms with Crippen molar-refractivity contribution in [3.63, 3.8) is 0 Å². The fraction of sp³-hybridized carbons (Fsp3) is 0.152. The molecule has 8 heteroatoms. The molecule has 0 unspecified atom stereocenters. The van der Waals surface area contributed by atoms with Crippen LogP contribution in [-0.4, -0.2) is 40.8 Å². The minimum Gasteiger partial charge on any atom is -0.289 e. The molecule has 0 fully saturated rings. The van der Waals surface area contributed by atoms with E-state index in [1.54, 1.807) is 42.7 Å². The maximum atomic E-state index is 13.4. The predicted octanol–water partition coefficient (Wildman–Crippen LogP) is 8.07. The zero-order valence-corrected chi connectivity index (χ0v) is 26.1. The number of Topliss-reactive ketones (excluding diaryl/α,β-unsaturated/α-hetero) is 1. The Morgan fingerprint density at radius 2 is 1.34 bits per heavy atom. The largest absolute Gasteiger partial charge is 0.376 e. The second kappa shape index (κ2) is 14.4. The molecule has 0 aromatic heterocycles. The standard InChI is InChI=1S/C33H29BrNO4S2/c1-22-6-4-5-7-30(22)32(37)24-8-14-28(15-9-24)41-29-16-10-25(11-17-29)33(38)31(35(3)39-23(2)36)20-21-40-27-18-12-26(34)13-19-27/h4-19H,20-21H2,1-3H3/q+1. The van der Waals surface area contributed by atoms with E-state index in [1.807, 2.05) is 91.9 Å². The van der Waals surface area contributed by atoms with E-state index in [4.69, 9.17) is 4.84 Å². The maximum absolute atomic E-state index is 13.4. The molecule has 0 N–H and O–H groups in total. The van der Waals surface area contributed by atoms with Gasteiger partial charge in [0.15, 0.2) is 12.8 Å². The molecule has 4 rings (SSSR count). The molecule has 5 nitrogen and oxygen atoms in total. The Hall–Kier alpha value is -3.46. The van der Waals surface area contributed by atoms with E-state index < -0.39 is 5.97 Å². The van der Waals surface area contributed by atoms with Gasteiger partial charge in [-0.25, -0.2) is 4.79 Å². The van der Waals surface area contributed by atoms with Gasteiger partial charge in [-0.3, -0.25) is 9.59 Å². The number of carbonyl (C=O) groups is 3. The molecule has 0 atom stereocenters. The summed E-state index contributed by atoms with van der Waals surface area (Å²) in [5.41, 5.74) is 3.21. The van der Waals surface area contributed by atoms with Gasteiger partial charge in [0, 0.05) is 48.5 Å². The second-order valence-electron chi connectivity index (χ2n) is 9.20. The van der Waals surface area contributed by atoms with Crippen LogP contribution in [0.15, 0.2) is 116 Å². The highest BCUT2D eigenvalue weighted by atomic mass is 79.9. The van der Waals surface area contributed by atoms with Crippen LogP contribution in [0, 0.1) is 6.92 Å². The van der Waals surface area contributed by atoms with Gasteiger partial charge in [0.05, 0.1) is 6.42 Å². The van der Waals surface area contributed by atoms with Gasteiger partial charge in [-0.05, 0) is 90.0 Å². The van der Waals surface area contributed by atoms with E-state index in [9.17, 15) is 14.4 Å². The number of benzene rings is 4. The summed E-state index contributed by atoms with van der Waals surface area (Å²) in [6.45, 7) is 3.25. The smallest absolute Gasteiger partial charge is 0.289 e. The SMILES string of the molecule is CC(=O)O[N+](C)=C(CCSc1ccc(Br)cc1)C(=O)c1ccc(Sc2ccc(C(=O)c3ccccc3C)cc2)cc1. The summed E-state index contributed by atoms with van der Waals surface area (Å²) in [5.74, 6) is -0.0362. The Balaban J connectivity index is 1.43. The molecule has 0 aliphatic heterocycles. The van der Waals surface area contributed by atoms with Crippen LogP contribution < -0.4 is 0 Å². The molecule has 0 aliphatic rings. The van der Waals surface area contributed by atoms with Gasteiger partial charge >= 0.3 is 5.97 Å². The van der Waals surface area contributed by atoms with Crippen molar-refractivity contribution < 1.29 is 24.0 Å². The molecule has 0 radical (unpaired) electrons. The topological polar surface area (TPSA) is 63.5 Å². The minimum absolute atomic E-state index is 0.00327. The molecule has 0 amide bonds. The Morgan fingerprint density at radius 1 is 0.780 bits per heavy atom. The van der Waals surface area contributed by atoms with Crippen LogP contribution in [-0.2, 0) is 9.63 Å². The maximum Gasteiger partial charge on any atom is 0.376 e. The monoisotopic (exact) mass is 646 g/mol. The van der Waals surface area contributed by atoms with E-state index in [1.165, 1.54) is 11.7 Å². The number of aryl methyl sites for hydroxylation is 1. The molecule has 4 aromatic carbocycles. The van der Waals surface area contributed by atoms with Gasteiger partial charge in [-0.2, -0.15) is 4.84 Å². The zero-order chi connectivity index (χ0) is 29.4. The number of ketones is 2. The van der Waals surface area contributed by atoms with Crippen molar-refractivity contribution in [1.82, 2.24) is 0 Å². The number of carbonyl (C=O) groups excluding carboxylic acids is 3. The van der Waals surface area contributed by atoms with Crippen LogP contribution in [0.1, 0.15) is 45.2 Å². The summed E-state index contributed by atoms with van der Waals surface area (Å²) in [5, 5.41) is 0. The first-order valence-corrected chi connectivity index (χ1v) is 15.5. The van der Waals surface area contributed by atoms with Crippen molar-refractivity contribution in [2.24, 2.45) is 0 Å². The second-order valence-corrected chi connectivity index (χ2v) is 12.4. The first-order chi connectivity index (χ1) is 19.7. The lowest BCUT2D eigenvalue weighted by molar-refractivity contribution is -0.740. The normalized spacial score (nSPS) is 11.5. The molecular weight excluding hydrogens is 618 g/mol. The van der Waals surface area contributed by atoms with Crippen LogP contribution >= 0.6 is 39.5 Å². The number of halogens is 1. The first-order valence-electron chi connectivity index (χ1n) is 12.9. The average Bonchev–Trinajstić information content (AvgIpc) is 2.96. The van der Waals surface area contributed by atoms with E-state index >= 15 is 0 Å². The van der Waals surface area contributed by atoms with Crippen molar-refractivity contribution in [3.8, 4) is 0 Å². The highest BCUT2D eigenvalue weighted by molar-refractivity contribution is 9.10. The Morgan fingerprint density at radius 3 is 1.93 bits per heavy atom. The molecule has 0 saturated carbocycles. The zero-order valence-electron chi connectivity index (χ0n) is 22.9. The summed E-state index contributed by atoms with van der Waals surface area (Å²) < 4.78 is 2.28. The molecule has 0 heterocycles. The van der Waals surface area contributed by atoms with Crippen molar-refractivity contribution in [2.45, 2.75) is 35.0 Å². The minimum atomic E-state index is -0.489. The quantitative estimate of drug-likeness (QED) is 0.0410. The molecule has 0 spiro atoms. The lowest BCUT2D eigenvalue weighted by Crippen LogP contribution is -2.28. The highest BCUT2D eigenvalue weighted by Gasteiger charge is 2.25. The number of hydroxylamine groups is 1. The van der Waals surface area contributed by atoms with E-state index in [-0.39, 0.29) is 11.6 Å². The summed E-state index contributed by atoms with van der Waals surface area (Å²) in [6.07, 6.45) is 0.424. The van der Waals surface area contributed by atoms with Crippen molar-refractivity contribution in [3.05, 3.63) is 124 Å². The van der Waals surface area contributed by atoms with Gasteiger partial charge in [-0.1, -0.05) is 52.0 Å². The molecule has 0 saturated heterocycles. The average molecular weight is 648 g/mol. The number of hydrogen-bond donors (Lipinski definition) is 0. The van der Waals surface area contributed by atoms with Crippen LogP contribution in [0.5, 0.6) is 0 Å². The molecule has 41 heavy (non-hydrogen) atoms. The van der Waals surface area contributed by atoms with Crippen LogP contribution in [0.2, 0.25) is 0 Å². The van der Waals surface area contributed by atoms with Gasteiger partial charge in [0.2, 0.25) is 0 Å². The number of thioether (sulfide) groups is 1. The van der Waals surface area contributed by atoms with E-state index in [2.05, 4.69) is 15.9 Å². The number of hydrogen-bond acceptors (Lipinski definition) is 6. The van der Waals surface area contributed by atoms with Crippen molar-refractivity contribution >= 4 is 62.7 Å². The van der Waals surface area contributed by atoms with Crippen molar-refractivity contribution in [1.29, 1.82) is 0 Å². The van der Waals surface area contributed by atoms with Crippen LogP contribution in [0.3, 0.4) is 0 Å². The summed E-state index contributed by atoms with van der Waals surface area (Å²) >= 11 is 6.61. The fourth-order valence-electron chi connectivity index (χ4n) is 4.09. The van der Waals surface area contributed by atoms with Gasteiger partial charge in [-0.15, -0.1) is 11.8 Å². The fourth-order valence-corrected chi connectivity index (χ4v) is 6.03. The summed E-state index contributed by atoms with van der Waals surface area (Å²) in [6, 6.07) is 30.4. The number of nitrogens with zero attached hydrogens (tertiary/aromatic N) is 1. The third-order valence-electron chi connectivity index (χ3n) is 6.19. The Labute approximate surface area is 257 Å². The third-order valence-corrected chi connectivity index (χ3v) is 8.75. The lowest BCUT2D eigenvalue weighted by Gasteiger charge is -2.07. The predicted molar refractivity (Wildman–Crippen MR) is 168 cm³/mol. The van der Waals surface area contributed by atoms with Gasteiger partial charge in [0.1, 0.15) is 0 Å². The molecule has 208 valence electrons. The van der Waals surface area contributed by atoms with Crippen LogP contribution in [0.25, 0.3) is 0 Å². The number of rotatable bonds is 11. The summed E-state index contributed by atoms with van der Waals surface area (Å²) in [7, 11) is 1.58. The van der Waals surface area contributed by atoms with Crippen LogP contribution in [0.4, 0.5) is 0 Å².